The van der Waals surface area contributed by atoms with Crippen molar-refractivity contribution in [1.29, 1.82) is 5.26 Å². The molecule has 15 nitrogen and oxygen atoms in total. The van der Waals surface area contributed by atoms with Crippen molar-refractivity contribution in [2.75, 3.05) is 12.3 Å². The highest BCUT2D eigenvalue weighted by Crippen LogP contribution is 2.52. The number of carbonyl (C=O) groups is 3. The lowest BCUT2D eigenvalue weighted by molar-refractivity contribution is -0.174. The smallest absolute Gasteiger partial charge is 0.459 e. The van der Waals surface area contributed by atoms with E-state index in [-0.39, 0.29) is 24.1 Å². The number of ether oxygens (including phenoxy) is 3. The van der Waals surface area contributed by atoms with Crippen LogP contribution < -0.4 is 15.3 Å². The van der Waals surface area contributed by atoms with Crippen LogP contribution in [-0.4, -0.2) is 63.5 Å². The van der Waals surface area contributed by atoms with Crippen molar-refractivity contribution in [3.8, 4) is 11.8 Å². The Bertz CT molecular complexity index is 2120. The molecule has 0 saturated heterocycles. The average molecular weight is 761 g/mol. The van der Waals surface area contributed by atoms with E-state index in [1.165, 1.54) is 17.8 Å². The highest BCUT2D eigenvalue weighted by Gasteiger charge is 2.61. The molecule has 0 bridgehead atoms. The molecule has 2 aromatic carbocycles. The number of nitrogens with one attached hydrogen (secondary N) is 1. The van der Waals surface area contributed by atoms with Gasteiger partial charge in [-0.1, -0.05) is 64.1 Å². The van der Waals surface area contributed by atoms with Crippen LogP contribution in [0.3, 0.4) is 0 Å². The third kappa shape index (κ3) is 7.78. The van der Waals surface area contributed by atoms with Gasteiger partial charge in [-0.2, -0.15) is 15.4 Å². The summed E-state index contributed by atoms with van der Waals surface area (Å²) in [6, 6.07) is 17.1. The summed E-state index contributed by atoms with van der Waals surface area (Å²) in [4.78, 5) is 43.7. The second kappa shape index (κ2) is 15.8. The van der Waals surface area contributed by atoms with Crippen molar-refractivity contribution in [3.05, 3.63) is 66.6 Å². The van der Waals surface area contributed by atoms with Gasteiger partial charge in [-0.3, -0.25) is 18.9 Å². The number of rotatable bonds is 14. The molecule has 16 heteroatoms. The maximum atomic E-state index is 14.9. The second-order valence-electron chi connectivity index (χ2n) is 14.5. The lowest BCUT2D eigenvalue weighted by Gasteiger charge is -2.32. The largest absolute Gasteiger partial charge is 0.461 e. The molecule has 286 valence electrons. The van der Waals surface area contributed by atoms with E-state index in [1.807, 2.05) is 24.3 Å². The summed E-state index contributed by atoms with van der Waals surface area (Å²) in [5.74, 6) is -3.57. The first kappa shape index (κ1) is 38.7. The Hall–Kier alpha value is -5.03. The average Bonchev–Trinajstić information content (AvgIpc) is 3.69. The predicted molar refractivity (Wildman–Crippen MR) is 197 cm³/mol. The van der Waals surface area contributed by atoms with Crippen LogP contribution >= 0.6 is 7.75 Å². The van der Waals surface area contributed by atoms with E-state index >= 15 is 0 Å². The summed E-state index contributed by atoms with van der Waals surface area (Å²) in [7, 11) is -4.46. The first-order valence-electron chi connectivity index (χ1n) is 18.1. The number of aromatic nitrogens is 3. The Kier molecular flexibility index (Phi) is 11.3. The standard InChI is InChI=1S/C38H45N6O9P/c1-22(2)35(45)51-32-26(18-38(20-39,33(32)52-36(46)23(3)4)31-17-16-29-34(40)41-21-42-44(29)31)19-49-54(48,43-24(5)37(47)50-27-12-9-13-27)53-30-15-8-11-25-10-6-7-14-28(25)30/h6-8,10-11,14-17,21-24,26-27,32-33H,9,12-13,18-19H2,1-5H3,(H,43,48)(H2,40,41,42)/t24-,26+,32+,33+,38+,54?/m0/s1. The third-order valence-corrected chi connectivity index (χ3v) is 11.5. The van der Waals surface area contributed by atoms with Crippen LogP contribution in [0.2, 0.25) is 0 Å². The number of anilines is 1. The quantitative estimate of drug-likeness (QED) is 0.0904. The molecule has 6 atom stereocenters. The van der Waals surface area contributed by atoms with Crippen molar-refractivity contribution in [2.24, 2.45) is 17.8 Å². The summed E-state index contributed by atoms with van der Waals surface area (Å²) in [5, 5.41) is 19.6. The third-order valence-electron chi connectivity index (χ3n) is 9.88. The number of nitrogens with zero attached hydrogens (tertiary/aromatic N) is 4. The summed E-state index contributed by atoms with van der Waals surface area (Å²) in [5.41, 5.74) is 5.19. The Morgan fingerprint density at radius 3 is 2.37 bits per heavy atom. The maximum Gasteiger partial charge on any atom is 0.459 e. The van der Waals surface area contributed by atoms with Gasteiger partial charge in [0.05, 0.1) is 30.2 Å². The van der Waals surface area contributed by atoms with Gasteiger partial charge >= 0.3 is 25.7 Å². The van der Waals surface area contributed by atoms with Crippen molar-refractivity contribution in [1.82, 2.24) is 19.7 Å². The maximum absolute atomic E-state index is 14.9. The first-order valence-corrected chi connectivity index (χ1v) is 19.6. The van der Waals surface area contributed by atoms with Crippen LogP contribution in [0.4, 0.5) is 5.82 Å². The van der Waals surface area contributed by atoms with Crippen LogP contribution in [0.15, 0.2) is 60.9 Å². The number of nitriles is 1. The molecule has 0 radical (unpaired) electrons. The zero-order valence-corrected chi connectivity index (χ0v) is 31.7. The fourth-order valence-corrected chi connectivity index (χ4v) is 8.19. The van der Waals surface area contributed by atoms with Crippen molar-refractivity contribution >= 4 is 47.8 Å². The summed E-state index contributed by atoms with van der Waals surface area (Å²) in [6.45, 7) is 7.66. The van der Waals surface area contributed by atoms with E-state index in [9.17, 15) is 24.2 Å². The van der Waals surface area contributed by atoms with E-state index < -0.39 is 73.7 Å². The highest BCUT2D eigenvalue weighted by atomic mass is 31.2. The molecule has 2 heterocycles. The number of benzene rings is 2. The number of carbonyl (C=O) groups excluding carboxylic acids is 3. The molecular weight excluding hydrogens is 715 g/mol. The van der Waals surface area contributed by atoms with Gasteiger partial charge in [0.2, 0.25) is 0 Å². The van der Waals surface area contributed by atoms with E-state index in [2.05, 4.69) is 21.2 Å². The molecule has 2 fully saturated rings. The zero-order valence-electron chi connectivity index (χ0n) is 30.8. The van der Waals surface area contributed by atoms with Crippen LogP contribution in [0.5, 0.6) is 5.75 Å². The van der Waals surface area contributed by atoms with E-state index in [4.69, 9.17) is 29.0 Å². The minimum Gasteiger partial charge on any atom is -0.461 e. The predicted octanol–water partition coefficient (Wildman–Crippen LogP) is 5.66. The van der Waals surface area contributed by atoms with Gasteiger partial charge in [-0.15, -0.1) is 0 Å². The second-order valence-corrected chi connectivity index (χ2v) is 16.2. The summed E-state index contributed by atoms with van der Waals surface area (Å²) in [6.07, 6.45) is 0.760. The molecule has 2 saturated carbocycles. The van der Waals surface area contributed by atoms with E-state index in [1.54, 1.807) is 58.0 Å². The van der Waals surface area contributed by atoms with Gasteiger partial charge in [0.15, 0.2) is 11.9 Å². The fraction of sp³-hybridized carbons (Fsp3) is 0.474. The molecule has 2 aliphatic carbocycles. The molecule has 3 N–H and O–H groups in total. The van der Waals surface area contributed by atoms with E-state index in [0.717, 1.165) is 24.6 Å². The summed E-state index contributed by atoms with van der Waals surface area (Å²) < 4.78 is 46.4. The Balaban J connectivity index is 1.40. The molecule has 2 aromatic heterocycles. The Morgan fingerprint density at radius 1 is 0.981 bits per heavy atom. The van der Waals surface area contributed by atoms with Crippen molar-refractivity contribution < 1.29 is 42.2 Å². The minimum absolute atomic E-state index is 0.0981. The summed E-state index contributed by atoms with van der Waals surface area (Å²) >= 11 is 0. The van der Waals surface area contributed by atoms with Crippen LogP contribution in [0.25, 0.3) is 16.3 Å². The molecule has 1 unspecified atom stereocenters. The van der Waals surface area contributed by atoms with Crippen LogP contribution in [0, 0.1) is 29.1 Å². The van der Waals surface area contributed by atoms with Gasteiger partial charge in [0.25, 0.3) is 0 Å². The van der Waals surface area contributed by atoms with Crippen LogP contribution in [-0.2, 0) is 43.1 Å². The number of nitrogens with two attached hydrogens (primary N) is 1. The van der Waals surface area contributed by atoms with Crippen molar-refractivity contribution in [3.63, 3.8) is 0 Å². The number of nitrogen functional groups attached to an aromatic ring is 1. The molecular formula is C38H45N6O9P. The minimum atomic E-state index is -4.46. The Labute approximate surface area is 313 Å². The number of hydrogen-bond acceptors (Lipinski definition) is 13. The monoisotopic (exact) mass is 760 g/mol. The first-order chi connectivity index (χ1) is 25.7. The fourth-order valence-electron chi connectivity index (χ4n) is 6.63. The molecule has 4 aromatic rings. The lowest BCUT2D eigenvalue weighted by atomic mass is 9.81. The SMILES string of the molecule is CC(C)C(=O)O[C@@H]1[C@@H](COP(=O)(N[C@@H](C)C(=O)OC2CCC2)Oc2cccc3ccccc23)C[C@@](C#N)(c2ccc3c(N)ncnn23)[C@@H]1OC(=O)C(C)C. The molecule has 6 rings (SSSR count). The van der Waals surface area contributed by atoms with Gasteiger partial charge in [-0.25, -0.2) is 14.1 Å². The Morgan fingerprint density at radius 2 is 1.69 bits per heavy atom. The normalized spacial score (nSPS) is 23.0. The van der Waals surface area contributed by atoms with Gasteiger partial charge in [0.1, 0.15) is 41.3 Å². The highest BCUT2D eigenvalue weighted by molar-refractivity contribution is 7.52. The lowest BCUT2D eigenvalue weighted by Crippen LogP contribution is -2.46. The molecule has 0 aliphatic heterocycles. The molecule has 2 aliphatic rings. The van der Waals surface area contributed by atoms with Gasteiger partial charge in [0, 0.05) is 11.3 Å². The molecule has 0 spiro atoms. The zero-order chi connectivity index (χ0) is 38.8. The van der Waals surface area contributed by atoms with Gasteiger partial charge in [-0.05, 0) is 56.2 Å². The molecule has 54 heavy (non-hydrogen) atoms. The molecule has 0 amide bonds. The van der Waals surface area contributed by atoms with Gasteiger partial charge < -0.3 is 24.5 Å². The van der Waals surface area contributed by atoms with Crippen molar-refractivity contribution in [2.45, 2.75) is 90.1 Å². The number of fused-ring (bicyclic) bond motifs is 2. The number of hydrogen-bond donors (Lipinski definition) is 2. The van der Waals surface area contributed by atoms with E-state index in [0.29, 0.717) is 16.6 Å². The van der Waals surface area contributed by atoms with Crippen LogP contribution in [0.1, 0.15) is 66.0 Å². The number of esters is 3. The topological polar surface area (TPSA) is 206 Å².